The molecule has 0 fully saturated rings. The lowest BCUT2D eigenvalue weighted by atomic mass is 10.2. The summed E-state index contributed by atoms with van der Waals surface area (Å²) in [5.41, 5.74) is 1.33. The first-order valence-corrected chi connectivity index (χ1v) is 6.55. The second kappa shape index (κ2) is 7.71. The van der Waals surface area contributed by atoms with Gasteiger partial charge in [0.15, 0.2) is 0 Å². The Balaban J connectivity index is 2.41. The first-order chi connectivity index (χ1) is 7.72. The minimum Gasteiger partial charge on any atom is -0.383 e. The van der Waals surface area contributed by atoms with E-state index in [1.807, 2.05) is 11.8 Å². The molecule has 0 aliphatic heterocycles. The highest BCUT2D eigenvalue weighted by molar-refractivity contribution is 7.99. The van der Waals surface area contributed by atoms with Crippen LogP contribution in [-0.2, 0) is 11.3 Å². The summed E-state index contributed by atoms with van der Waals surface area (Å²) in [6.45, 7) is 7.01. The minimum absolute atomic E-state index is 0.636. The summed E-state index contributed by atoms with van der Waals surface area (Å²) < 4.78 is 4.99. The molecule has 0 amide bonds. The summed E-state index contributed by atoms with van der Waals surface area (Å²) in [4.78, 5) is 1.35. The third-order valence-electron chi connectivity index (χ3n) is 2.08. The van der Waals surface area contributed by atoms with Crippen molar-refractivity contribution in [3.63, 3.8) is 0 Å². The lowest BCUT2D eigenvalue weighted by Gasteiger charge is -2.08. The normalized spacial score (nSPS) is 11.0. The number of nitrogens with one attached hydrogen (secondary N) is 1. The zero-order valence-electron chi connectivity index (χ0n) is 10.3. The smallest absolute Gasteiger partial charge is 0.0587 e. The Morgan fingerprint density at radius 2 is 2.19 bits per heavy atom. The van der Waals surface area contributed by atoms with E-state index >= 15 is 0 Å². The van der Waals surface area contributed by atoms with Crippen LogP contribution in [0, 0.1) is 0 Å². The van der Waals surface area contributed by atoms with Crippen molar-refractivity contribution in [2.24, 2.45) is 0 Å². The van der Waals surface area contributed by atoms with E-state index in [9.17, 15) is 0 Å². The lowest BCUT2D eigenvalue weighted by Crippen LogP contribution is -2.18. The Labute approximate surface area is 103 Å². The fourth-order valence-electron chi connectivity index (χ4n) is 1.41. The number of thioether (sulfide) groups is 1. The molecule has 16 heavy (non-hydrogen) atoms. The van der Waals surface area contributed by atoms with E-state index in [4.69, 9.17) is 4.74 Å². The fraction of sp³-hybridized carbons (Fsp3) is 0.538. The number of hydrogen-bond donors (Lipinski definition) is 1. The standard InChI is InChI=1S/C13H21NOS/c1-11(2)16-13-6-4-5-12(9-13)10-14-7-8-15-3/h4-6,9,11,14H,7-8,10H2,1-3H3. The van der Waals surface area contributed by atoms with E-state index in [1.165, 1.54) is 10.5 Å². The molecule has 0 saturated carbocycles. The fourth-order valence-corrected chi connectivity index (χ4v) is 2.33. The molecule has 0 radical (unpaired) electrons. The van der Waals surface area contributed by atoms with E-state index in [0.717, 1.165) is 19.7 Å². The van der Waals surface area contributed by atoms with Gasteiger partial charge in [0.1, 0.15) is 0 Å². The highest BCUT2D eigenvalue weighted by atomic mass is 32.2. The van der Waals surface area contributed by atoms with E-state index in [1.54, 1.807) is 7.11 Å². The van der Waals surface area contributed by atoms with Crippen molar-refractivity contribution in [2.75, 3.05) is 20.3 Å². The van der Waals surface area contributed by atoms with Crippen molar-refractivity contribution in [1.82, 2.24) is 5.32 Å². The molecule has 1 rings (SSSR count). The average molecular weight is 239 g/mol. The van der Waals surface area contributed by atoms with Crippen LogP contribution in [0.25, 0.3) is 0 Å². The number of methoxy groups -OCH3 is 1. The first kappa shape index (κ1) is 13.6. The number of ether oxygens (including phenoxy) is 1. The SMILES string of the molecule is COCCNCc1cccc(SC(C)C)c1. The number of rotatable bonds is 7. The molecule has 1 N–H and O–H groups in total. The van der Waals surface area contributed by atoms with Crippen LogP contribution in [0.1, 0.15) is 19.4 Å². The van der Waals surface area contributed by atoms with Crippen molar-refractivity contribution in [3.8, 4) is 0 Å². The molecule has 3 heteroatoms. The summed E-state index contributed by atoms with van der Waals surface area (Å²) in [5.74, 6) is 0. The monoisotopic (exact) mass is 239 g/mol. The van der Waals surface area contributed by atoms with Crippen molar-refractivity contribution in [3.05, 3.63) is 29.8 Å². The van der Waals surface area contributed by atoms with Gasteiger partial charge in [-0.2, -0.15) is 0 Å². The largest absolute Gasteiger partial charge is 0.383 e. The maximum atomic E-state index is 4.99. The Morgan fingerprint density at radius 1 is 1.38 bits per heavy atom. The van der Waals surface area contributed by atoms with Crippen LogP contribution in [-0.4, -0.2) is 25.5 Å². The molecule has 0 atom stereocenters. The summed E-state index contributed by atoms with van der Waals surface area (Å²) in [6.07, 6.45) is 0. The van der Waals surface area contributed by atoms with Crippen LogP contribution >= 0.6 is 11.8 Å². The summed E-state index contributed by atoms with van der Waals surface area (Å²) >= 11 is 1.90. The van der Waals surface area contributed by atoms with Gasteiger partial charge in [0.2, 0.25) is 0 Å². The first-order valence-electron chi connectivity index (χ1n) is 5.67. The van der Waals surface area contributed by atoms with Gasteiger partial charge in [0.25, 0.3) is 0 Å². The predicted molar refractivity (Wildman–Crippen MR) is 71.0 cm³/mol. The predicted octanol–water partition coefficient (Wildman–Crippen LogP) is 2.92. The second-order valence-electron chi connectivity index (χ2n) is 3.98. The van der Waals surface area contributed by atoms with Crippen LogP contribution in [0.15, 0.2) is 29.2 Å². The highest BCUT2D eigenvalue weighted by Gasteiger charge is 1.99. The van der Waals surface area contributed by atoms with E-state index < -0.39 is 0 Å². The van der Waals surface area contributed by atoms with Crippen molar-refractivity contribution < 1.29 is 4.74 Å². The zero-order valence-corrected chi connectivity index (χ0v) is 11.1. The van der Waals surface area contributed by atoms with Crippen LogP contribution in [0.3, 0.4) is 0 Å². The Morgan fingerprint density at radius 3 is 2.88 bits per heavy atom. The summed E-state index contributed by atoms with van der Waals surface area (Å²) in [6, 6.07) is 8.70. The van der Waals surface area contributed by atoms with E-state index in [0.29, 0.717) is 5.25 Å². The van der Waals surface area contributed by atoms with Gasteiger partial charge in [-0.25, -0.2) is 0 Å². The Bertz CT molecular complexity index is 302. The molecule has 0 aliphatic carbocycles. The van der Waals surface area contributed by atoms with Gasteiger partial charge < -0.3 is 10.1 Å². The molecule has 1 aromatic rings. The van der Waals surface area contributed by atoms with Crippen molar-refractivity contribution in [1.29, 1.82) is 0 Å². The maximum absolute atomic E-state index is 4.99. The third-order valence-corrected chi connectivity index (χ3v) is 3.08. The summed E-state index contributed by atoms with van der Waals surface area (Å²) in [7, 11) is 1.72. The van der Waals surface area contributed by atoms with Gasteiger partial charge in [0.05, 0.1) is 6.61 Å². The molecule has 0 aromatic heterocycles. The van der Waals surface area contributed by atoms with Gasteiger partial charge in [-0.1, -0.05) is 26.0 Å². The molecule has 0 aliphatic rings. The van der Waals surface area contributed by atoms with E-state index in [2.05, 4.69) is 43.4 Å². The van der Waals surface area contributed by atoms with E-state index in [-0.39, 0.29) is 0 Å². The van der Waals surface area contributed by atoms with Gasteiger partial charge in [-0.05, 0) is 17.7 Å². The molecular weight excluding hydrogens is 218 g/mol. The molecule has 1 aromatic carbocycles. The molecule has 90 valence electrons. The van der Waals surface area contributed by atoms with Gasteiger partial charge >= 0.3 is 0 Å². The van der Waals surface area contributed by atoms with Crippen molar-refractivity contribution >= 4 is 11.8 Å². The number of hydrogen-bond acceptors (Lipinski definition) is 3. The average Bonchev–Trinajstić information content (AvgIpc) is 2.24. The molecule has 0 unspecified atom stereocenters. The molecule has 2 nitrogen and oxygen atoms in total. The summed E-state index contributed by atoms with van der Waals surface area (Å²) in [5, 5.41) is 3.98. The minimum atomic E-state index is 0.636. The topological polar surface area (TPSA) is 21.3 Å². The van der Waals surface area contributed by atoms with Crippen LogP contribution in [0.5, 0.6) is 0 Å². The highest BCUT2D eigenvalue weighted by Crippen LogP contribution is 2.23. The van der Waals surface area contributed by atoms with Gasteiger partial charge in [-0.15, -0.1) is 11.8 Å². The van der Waals surface area contributed by atoms with Gasteiger partial charge in [0, 0.05) is 30.3 Å². The molecule has 0 spiro atoms. The Hall–Kier alpha value is -0.510. The van der Waals surface area contributed by atoms with Crippen LogP contribution in [0.4, 0.5) is 0 Å². The van der Waals surface area contributed by atoms with Crippen LogP contribution in [0.2, 0.25) is 0 Å². The Kier molecular flexibility index (Phi) is 6.53. The number of benzene rings is 1. The second-order valence-corrected chi connectivity index (χ2v) is 5.63. The molecule has 0 saturated heterocycles. The van der Waals surface area contributed by atoms with Gasteiger partial charge in [-0.3, -0.25) is 0 Å². The van der Waals surface area contributed by atoms with Crippen LogP contribution < -0.4 is 5.32 Å². The molecule has 0 bridgehead atoms. The lowest BCUT2D eigenvalue weighted by molar-refractivity contribution is 0.199. The molecular formula is C13H21NOS. The maximum Gasteiger partial charge on any atom is 0.0587 e. The molecule has 0 heterocycles. The van der Waals surface area contributed by atoms with Crippen molar-refractivity contribution in [2.45, 2.75) is 30.5 Å². The third kappa shape index (κ3) is 5.54. The quantitative estimate of drug-likeness (QED) is 0.584. The zero-order chi connectivity index (χ0) is 11.8.